The van der Waals surface area contributed by atoms with Gasteiger partial charge in [-0.15, -0.1) is 0 Å². The van der Waals surface area contributed by atoms with E-state index < -0.39 is 0 Å². The molecule has 1 unspecified atom stereocenters. The summed E-state index contributed by atoms with van der Waals surface area (Å²) in [6.45, 7) is 6.44. The summed E-state index contributed by atoms with van der Waals surface area (Å²) in [5.74, 6) is 1.54. The van der Waals surface area contributed by atoms with Gasteiger partial charge in [-0.3, -0.25) is 0 Å². The predicted molar refractivity (Wildman–Crippen MR) is 77.7 cm³/mol. The number of aryl methyl sites for hydroxylation is 2. The molecule has 0 saturated heterocycles. The summed E-state index contributed by atoms with van der Waals surface area (Å²) < 4.78 is 5.52. The van der Waals surface area contributed by atoms with E-state index in [1.165, 1.54) is 0 Å². The Hall–Kier alpha value is -1.03. The highest BCUT2D eigenvalue weighted by Crippen LogP contribution is 2.26. The Bertz CT molecular complexity index is 561. The van der Waals surface area contributed by atoms with Crippen molar-refractivity contribution in [3.05, 3.63) is 51.2 Å². The van der Waals surface area contributed by atoms with Gasteiger partial charge in [0.1, 0.15) is 5.76 Å². The Kier molecular flexibility index (Phi) is 4.50. The highest BCUT2D eigenvalue weighted by Gasteiger charge is 2.11. The van der Waals surface area contributed by atoms with Gasteiger partial charge in [-0.05, 0) is 38.5 Å². The highest BCUT2D eigenvalue weighted by atomic mass is 35.5. The number of rotatable bonds is 4. The molecular formula is C14H16Cl2N2O. The molecule has 0 amide bonds. The number of hydrogen-bond donors (Lipinski definition) is 1. The normalized spacial score (nSPS) is 12.7. The van der Waals surface area contributed by atoms with Gasteiger partial charge in [0.2, 0.25) is 5.89 Å². The van der Waals surface area contributed by atoms with Gasteiger partial charge in [0.05, 0.1) is 12.2 Å². The van der Waals surface area contributed by atoms with Crippen LogP contribution < -0.4 is 5.32 Å². The van der Waals surface area contributed by atoms with Crippen LogP contribution in [0.3, 0.4) is 0 Å². The molecule has 1 heterocycles. The molecule has 1 atom stereocenters. The Morgan fingerprint density at radius 2 is 2.05 bits per heavy atom. The van der Waals surface area contributed by atoms with Gasteiger partial charge in [0, 0.05) is 16.1 Å². The van der Waals surface area contributed by atoms with E-state index in [-0.39, 0.29) is 6.04 Å². The zero-order valence-electron chi connectivity index (χ0n) is 11.1. The van der Waals surface area contributed by atoms with E-state index in [1.54, 1.807) is 6.07 Å². The number of nitrogens with one attached hydrogen (secondary N) is 1. The van der Waals surface area contributed by atoms with Crippen LogP contribution in [0.15, 0.2) is 22.6 Å². The SMILES string of the molecule is Cc1nc(CNC(C)c2ccc(Cl)cc2Cl)oc1C. The van der Waals surface area contributed by atoms with Crippen molar-refractivity contribution in [2.24, 2.45) is 0 Å². The number of halogens is 2. The molecule has 2 aromatic rings. The number of hydrogen-bond acceptors (Lipinski definition) is 3. The molecule has 0 fully saturated rings. The molecule has 0 bridgehead atoms. The maximum atomic E-state index is 6.17. The summed E-state index contributed by atoms with van der Waals surface area (Å²) >= 11 is 12.1. The number of oxazole rings is 1. The predicted octanol–water partition coefficient (Wildman–Crippen LogP) is 4.45. The van der Waals surface area contributed by atoms with Crippen LogP contribution >= 0.6 is 23.2 Å². The molecule has 0 aliphatic heterocycles. The van der Waals surface area contributed by atoms with Crippen molar-refractivity contribution in [3.8, 4) is 0 Å². The van der Waals surface area contributed by atoms with E-state index >= 15 is 0 Å². The molecule has 0 aliphatic rings. The molecule has 102 valence electrons. The topological polar surface area (TPSA) is 38.1 Å². The molecule has 0 spiro atoms. The molecule has 1 aromatic heterocycles. The van der Waals surface area contributed by atoms with Crippen LogP contribution in [0.25, 0.3) is 0 Å². The third kappa shape index (κ3) is 3.50. The van der Waals surface area contributed by atoms with E-state index in [9.17, 15) is 0 Å². The molecule has 19 heavy (non-hydrogen) atoms. The third-order valence-corrected chi connectivity index (χ3v) is 3.62. The summed E-state index contributed by atoms with van der Waals surface area (Å²) in [4.78, 5) is 4.33. The van der Waals surface area contributed by atoms with Gasteiger partial charge >= 0.3 is 0 Å². The first-order valence-electron chi connectivity index (χ1n) is 6.08. The molecule has 5 heteroatoms. The van der Waals surface area contributed by atoms with Gasteiger partial charge < -0.3 is 9.73 Å². The van der Waals surface area contributed by atoms with Gasteiger partial charge in [0.25, 0.3) is 0 Å². The summed E-state index contributed by atoms with van der Waals surface area (Å²) in [7, 11) is 0. The first-order chi connectivity index (χ1) is 8.97. The molecule has 0 radical (unpaired) electrons. The van der Waals surface area contributed by atoms with Crippen LogP contribution in [0.4, 0.5) is 0 Å². The molecular weight excluding hydrogens is 283 g/mol. The van der Waals surface area contributed by atoms with Crippen molar-refractivity contribution in [3.63, 3.8) is 0 Å². The van der Waals surface area contributed by atoms with Crippen LogP contribution in [0, 0.1) is 13.8 Å². The Labute approximate surface area is 122 Å². The minimum Gasteiger partial charge on any atom is -0.444 e. The molecule has 0 aliphatic carbocycles. The first-order valence-corrected chi connectivity index (χ1v) is 6.84. The minimum absolute atomic E-state index is 0.0947. The maximum absolute atomic E-state index is 6.17. The molecule has 0 saturated carbocycles. The minimum atomic E-state index is 0.0947. The van der Waals surface area contributed by atoms with Crippen molar-refractivity contribution in [2.75, 3.05) is 0 Å². The lowest BCUT2D eigenvalue weighted by Gasteiger charge is -2.14. The fourth-order valence-electron chi connectivity index (χ4n) is 1.82. The summed E-state index contributed by atoms with van der Waals surface area (Å²) in [5, 5.41) is 4.63. The number of nitrogens with zero attached hydrogens (tertiary/aromatic N) is 1. The lowest BCUT2D eigenvalue weighted by molar-refractivity contribution is 0.432. The van der Waals surface area contributed by atoms with Crippen molar-refractivity contribution >= 4 is 23.2 Å². The highest BCUT2D eigenvalue weighted by molar-refractivity contribution is 6.35. The molecule has 1 N–H and O–H groups in total. The van der Waals surface area contributed by atoms with Crippen molar-refractivity contribution in [1.29, 1.82) is 0 Å². The lowest BCUT2D eigenvalue weighted by Crippen LogP contribution is -2.18. The molecule has 3 nitrogen and oxygen atoms in total. The summed E-state index contributed by atoms with van der Waals surface area (Å²) in [6, 6.07) is 5.60. The Balaban J connectivity index is 2.03. The summed E-state index contributed by atoms with van der Waals surface area (Å²) in [5.41, 5.74) is 1.93. The smallest absolute Gasteiger partial charge is 0.208 e. The monoisotopic (exact) mass is 298 g/mol. The van der Waals surface area contributed by atoms with E-state index in [4.69, 9.17) is 27.6 Å². The fraction of sp³-hybridized carbons (Fsp3) is 0.357. The zero-order chi connectivity index (χ0) is 14.0. The van der Waals surface area contributed by atoms with Gasteiger partial charge in [-0.25, -0.2) is 4.98 Å². The standard InChI is InChI=1S/C14H16Cl2N2O/c1-8-10(3)19-14(18-8)7-17-9(2)12-5-4-11(15)6-13(12)16/h4-6,9,17H,7H2,1-3H3. The van der Waals surface area contributed by atoms with E-state index in [1.807, 2.05) is 32.9 Å². The number of aromatic nitrogens is 1. The second-order valence-corrected chi connectivity index (χ2v) is 5.36. The lowest BCUT2D eigenvalue weighted by atomic mass is 10.1. The van der Waals surface area contributed by atoms with Gasteiger partial charge in [-0.1, -0.05) is 29.3 Å². The Morgan fingerprint density at radius 3 is 2.63 bits per heavy atom. The summed E-state index contributed by atoms with van der Waals surface area (Å²) in [6.07, 6.45) is 0. The quantitative estimate of drug-likeness (QED) is 0.906. The van der Waals surface area contributed by atoms with E-state index in [0.717, 1.165) is 17.0 Å². The Morgan fingerprint density at radius 1 is 1.32 bits per heavy atom. The van der Waals surface area contributed by atoms with Crippen molar-refractivity contribution in [1.82, 2.24) is 10.3 Å². The van der Waals surface area contributed by atoms with Crippen molar-refractivity contribution in [2.45, 2.75) is 33.4 Å². The molecule has 1 aromatic carbocycles. The van der Waals surface area contributed by atoms with E-state index in [0.29, 0.717) is 22.5 Å². The average molecular weight is 299 g/mol. The van der Waals surface area contributed by atoms with Crippen LogP contribution in [0.2, 0.25) is 10.0 Å². The fourth-order valence-corrected chi connectivity index (χ4v) is 2.39. The maximum Gasteiger partial charge on any atom is 0.208 e. The third-order valence-electron chi connectivity index (χ3n) is 3.06. The molecule has 2 rings (SSSR count). The van der Waals surface area contributed by atoms with Crippen LogP contribution in [-0.4, -0.2) is 4.98 Å². The second kappa shape index (κ2) is 5.95. The average Bonchev–Trinajstić information content (AvgIpc) is 2.66. The largest absolute Gasteiger partial charge is 0.444 e. The first kappa shape index (κ1) is 14.4. The second-order valence-electron chi connectivity index (χ2n) is 4.52. The van der Waals surface area contributed by atoms with Crippen LogP contribution in [0.1, 0.15) is 35.9 Å². The van der Waals surface area contributed by atoms with E-state index in [2.05, 4.69) is 10.3 Å². The van der Waals surface area contributed by atoms with Crippen LogP contribution in [0.5, 0.6) is 0 Å². The zero-order valence-corrected chi connectivity index (χ0v) is 12.6. The van der Waals surface area contributed by atoms with Gasteiger partial charge in [0.15, 0.2) is 0 Å². The van der Waals surface area contributed by atoms with Crippen LogP contribution in [-0.2, 0) is 6.54 Å². The number of benzene rings is 1. The van der Waals surface area contributed by atoms with Crippen molar-refractivity contribution < 1.29 is 4.42 Å². The van der Waals surface area contributed by atoms with Gasteiger partial charge in [-0.2, -0.15) is 0 Å².